The number of nitrogens with one attached hydrogen (secondary N) is 1. The number of hydrogen-bond donors (Lipinski definition) is 2. The molecule has 16 heavy (non-hydrogen) atoms. The minimum absolute atomic E-state index is 0.0366. The molecule has 3 nitrogen and oxygen atoms in total. The first kappa shape index (κ1) is 12.9. The maximum absolute atomic E-state index is 11.9. The lowest BCUT2D eigenvalue weighted by atomic mass is 10.1. The fourth-order valence-electron chi connectivity index (χ4n) is 1.41. The zero-order valence-electron chi connectivity index (χ0n) is 8.67. The van der Waals surface area contributed by atoms with Crippen LogP contribution in [0.15, 0.2) is 24.4 Å². The molecule has 0 saturated heterocycles. The monoisotopic (exact) mass is 233 g/mol. The van der Waals surface area contributed by atoms with Gasteiger partial charge < -0.3 is 0 Å². The Morgan fingerprint density at radius 2 is 2.12 bits per heavy atom. The van der Waals surface area contributed by atoms with Gasteiger partial charge in [-0.05, 0) is 25.0 Å². The van der Waals surface area contributed by atoms with E-state index in [2.05, 4.69) is 10.4 Å². The summed E-state index contributed by atoms with van der Waals surface area (Å²) in [6.45, 7) is 0. The van der Waals surface area contributed by atoms with E-state index in [1.165, 1.54) is 0 Å². The number of hydrazine groups is 1. The second-order valence-corrected chi connectivity index (χ2v) is 3.48. The van der Waals surface area contributed by atoms with Crippen molar-refractivity contribution < 1.29 is 13.2 Å². The van der Waals surface area contributed by atoms with E-state index < -0.39 is 12.6 Å². The van der Waals surface area contributed by atoms with Gasteiger partial charge in [-0.3, -0.25) is 16.3 Å². The van der Waals surface area contributed by atoms with Crippen LogP contribution in [0.3, 0.4) is 0 Å². The topological polar surface area (TPSA) is 50.9 Å². The summed E-state index contributed by atoms with van der Waals surface area (Å²) >= 11 is 0. The predicted octanol–water partition coefficient (Wildman–Crippen LogP) is 2.32. The molecule has 0 fully saturated rings. The first-order chi connectivity index (χ1) is 7.53. The van der Waals surface area contributed by atoms with Gasteiger partial charge in [0, 0.05) is 12.6 Å². The van der Waals surface area contributed by atoms with Crippen LogP contribution in [-0.4, -0.2) is 11.2 Å². The molecule has 0 radical (unpaired) electrons. The van der Waals surface area contributed by atoms with Crippen LogP contribution < -0.4 is 11.3 Å². The largest absolute Gasteiger partial charge is 0.389 e. The summed E-state index contributed by atoms with van der Waals surface area (Å²) in [6, 6.07) is 4.92. The third-order valence-corrected chi connectivity index (χ3v) is 2.20. The van der Waals surface area contributed by atoms with E-state index in [9.17, 15) is 13.2 Å². The zero-order valence-corrected chi connectivity index (χ0v) is 8.67. The minimum atomic E-state index is -4.11. The van der Waals surface area contributed by atoms with Crippen LogP contribution in [0.1, 0.15) is 31.0 Å². The van der Waals surface area contributed by atoms with E-state index in [0.717, 1.165) is 0 Å². The fraction of sp³-hybridized carbons (Fsp3) is 0.500. The van der Waals surface area contributed by atoms with Gasteiger partial charge in [-0.15, -0.1) is 0 Å². The molecule has 1 aromatic rings. The number of nitrogens with two attached hydrogens (primary N) is 1. The predicted molar refractivity (Wildman–Crippen MR) is 54.2 cm³/mol. The van der Waals surface area contributed by atoms with Crippen molar-refractivity contribution in [3.8, 4) is 0 Å². The van der Waals surface area contributed by atoms with Crippen molar-refractivity contribution in [2.24, 2.45) is 5.84 Å². The van der Waals surface area contributed by atoms with Crippen LogP contribution in [0.25, 0.3) is 0 Å². The molecule has 0 aliphatic rings. The molecule has 90 valence electrons. The van der Waals surface area contributed by atoms with Crippen molar-refractivity contribution >= 4 is 0 Å². The second kappa shape index (κ2) is 5.81. The number of hydrogen-bond acceptors (Lipinski definition) is 3. The van der Waals surface area contributed by atoms with Crippen LogP contribution >= 0.6 is 0 Å². The normalized spacial score (nSPS) is 13.8. The van der Waals surface area contributed by atoms with E-state index in [4.69, 9.17) is 5.84 Å². The van der Waals surface area contributed by atoms with E-state index in [1.807, 2.05) is 0 Å². The summed E-state index contributed by atoms with van der Waals surface area (Å²) in [4.78, 5) is 4.04. The smallest absolute Gasteiger partial charge is 0.271 e. The van der Waals surface area contributed by atoms with Gasteiger partial charge in [0.1, 0.15) is 0 Å². The summed E-state index contributed by atoms with van der Waals surface area (Å²) < 4.78 is 35.8. The molecule has 1 unspecified atom stereocenters. The maximum atomic E-state index is 11.9. The lowest BCUT2D eigenvalue weighted by molar-refractivity contribution is -0.135. The van der Waals surface area contributed by atoms with Crippen LogP contribution in [0.4, 0.5) is 13.2 Å². The maximum Gasteiger partial charge on any atom is 0.389 e. The Labute approximate surface area is 91.8 Å². The molecule has 1 rings (SSSR count). The Hall–Kier alpha value is -1.14. The van der Waals surface area contributed by atoms with Gasteiger partial charge in [0.2, 0.25) is 0 Å². The highest BCUT2D eigenvalue weighted by Gasteiger charge is 2.26. The van der Waals surface area contributed by atoms with E-state index in [-0.39, 0.29) is 12.5 Å². The summed E-state index contributed by atoms with van der Waals surface area (Å²) in [7, 11) is 0. The first-order valence-electron chi connectivity index (χ1n) is 4.97. The highest BCUT2D eigenvalue weighted by Crippen LogP contribution is 2.25. The van der Waals surface area contributed by atoms with Gasteiger partial charge in [0.15, 0.2) is 0 Å². The Balaban J connectivity index is 2.45. The molecular weight excluding hydrogens is 219 g/mol. The molecule has 0 aliphatic heterocycles. The molecular formula is C10H14F3N3. The van der Waals surface area contributed by atoms with Crippen LogP contribution in [-0.2, 0) is 0 Å². The van der Waals surface area contributed by atoms with Crippen molar-refractivity contribution in [2.75, 3.05) is 0 Å². The molecule has 1 atom stereocenters. The summed E-state index contributed by atoms with van der Waals surface area (Å²) in [5, 5.41) is 0. The Kier molecular flexibility index (Phi) is 4.70. The number of alkyl halides is 3. The minimum Gasteiger partial charge on any atom is -0.271 e. The molecule has 0 amide bonds. The van der Waals surface area contributed by atoms with Crippen molar-refractivity contribution in [3.63, 3.8) is 0 Å². The average Bonchev–Trinajstić information content (AvgIpc) is 2.24. The van der Waals surface area contributed by atoms with Crippen LogP contribution in [0.2, 0.25) is 0 Å². The van der Waals surface area contributed by atoms with Gasteiger partial charge in [-0.2, -0.15) is 13.2 Å². The standard InChI is InChI=1S/C10H14F3N3/c11-10(12,13)6-3-5-9(16-14)8-4-1-2-7-15-8/h1-2,4,7,9,16H,3,5-6,14H2. The van der Waals surface area contributed by atoms with Gasteiger partial charge in [0.05, 0.1) is 11.7 Å². The summed E-state index contributed by atoms with van der Waals surface area (Å²) in [5.74, 6) is 5.28. The number of halogens is 3. The number of nitrogens with zero attached hydrogens (tertiary/aromatic N) is 1. The second-order valence-electron chi connectivity index (χ2n) is 3.48. The number of pyridine rings is 1. The lowest BCUT2D eigenvalue weighted by Gasteiger charge is -2.15. The zero-order chi connectivity index (χ0) is 12.0. The van der Waals surface area contributed by atoms with Crippen LogP contribution in [0, 0.1) is 0 Å². The fourth-order valence-corrected chi connectivity index (χ4v) is 1.41. The van der Waals surface area contributed by atoms with Crippen molar-refractivity contribution in [3.05, 3.63) is 30.1 Å². The van der Waals surface area contributed by atoms with Gasteiger partial charge in [-0.1, -0.05) is 6.07 Å². The molecule has 0 bridgehead atoms. The SMILES string of the molecule is NNC(CCCC(F)(F)F)c1ccccn1. The lowest BCUT2D eigenvalue weighted by Crippen LogP contribution is -2.28. The third kappa shape index (κ3) is 4.59. The Bertz CT molecular complexity index is 300. The van der Waals surface area contributed by atoms with E-state index in [0.29, 0.717) is 12.1 Å². The molecule has 0 aromatic carbocycles. The van der Waals surface area contributed by atoms with Crippen molar-refractivity contribution in [1.82, 2.24) is 10.4 Å². The highest BCUT2D eigenvalue weighted by atomic mass is 19.4. The molecule has 3 N–H and O–H groups in total. The third-order valence-electron chi connectivity index (χ3n) is 2.20. The quantitative estimate of drug-likeness (QED) is 0.606. The van der Waals surface area contributed by atoms with E-state index >= 15 is 0 Å². The summed E-state index contributed by atoms with van der Waals surface area (Å²) in [6.07, 6.45) is -2.97. The number of aromatic nitrogens is 1. The van der Waals surface area contributed by atoms with Gasteiger partial charge >= 0.3 is 6.18 Å². The Morgan fingerprint density at radius 1 is 1.38 bits per heavy atom. The van der Waals surface area contributed by atoms with Gasteiger partial charge in [-0.25, -0.2) is 0 Å². The molecule has 0 spiro atoms. The molecule has 6 heteroatoms. The average molecular weight is 233 g/mol. The Morgan fingerprint density at radius 3 is 2.62 bits per heavy atom. The molecule has 1 aromatic heterocycles. The molecule has 0 saturated carbocycles. The first-order valence-corrected chi connectivity index (χ1v) is 4.97. The summed E-state index contributed by atoms with van der Waals surface area (Å²) in [5.41, 5.74) is 3.13. The molecule has 1 heterocycles. The van der Waals surface area contributed by atoms with Crippen molar-refractivity contribution in [1.29, 1.82) is 0 Å². The van der Waals surface area contributed by atoms with Crippen molar-refractivity contribution in [2.45, 2.75) is 31.5 Å². The van der Waals surface area contributed by atoms with Crippen LogP contribution in [0.5, 0.6) is 0 Å². The molecule has 0 aliphatic carbocycles. The number of rotatable bonds is 5. The van der Waals surface area contributed by atoms with E-state index in [1.54, 1.807) is 24.4 Å². The van der Waals surface area contributed by atoms with Gasteiger partial charge in [0.25, 0.3) is 0 Å². The highest BCUT2D eigenvalue weighted by molar-refractivity contribution is 5.08.